The molecule has 0 saturated heterocycles. The zero-order valence-corrected chi connectivity index (χ0v) is 12.3. The minimum absolute atomic E-state index is 0.457. The van der Waals surface area contributed by atoms with Crippen molar-refractivity contribution < 1.29 is 22.7 Å². The van der Waals surface area contributed by atoms with Crippen molar-refractivity contribution in [1.82, 2.24) is 5.32 Å². The lowest BCUT2D eigenvalue weighted by molar-refractivity contribution is -0.146. The van der Waals surface area contributed by atoms with Crippen LogP contribution in [0.2, 0.25) is 0 Å². The molecule has 0 bridgehead atoms. The van der Waals surface area contributed by atoms with Gasteiger partial charge in [-0.25, -0.2) is 4.79 Å². The number of esters is 1. The van der Waals surface area contributed by atoms with Gasteiger partial charge in [-0.15, -0.1) is 0 Å². The summed E-state index contributed by atoms with van der Waals surface area (Å²) in [7, 11) is 1.15. The summed E-state index contributed by atoms with van der Waals surface area (Å²) in [4.78, 5) is 11.6. The van der Waals surface area contributed by atoms with Crippen molar-refractivity contribution >= 4 is 5.97 Å². The van der Waals surface area contributed by atoms with Crippen LogP contribution in [-0.4, -0.2) is 25.8 Å². The summed E-state index contributed by atoms with van der Waals surface area (Å²) in [5.74, 6) is -0.258. The summed E-state index contributed by atoms with van der Waals surface area (Å²) in [6, 6.07) is 5.83. The standard InChI is InChI=1S/C15H20F3NO2/c1-10(2)8-11-4-6-12(7-5-11)13(14(20)21-3)19-9-15(16,17)18/h4-7,10,13,19H,8-9H2,1-3H3. The monoisotopic (exact) mass is 303 g/mol. The van der Waals surface area contributed by atoms with E-state index < -0.39 is 24.7 Å². The van der Waals surface area contributed by atoms with Crippen molar-refractivity contribution in [2.75, 3.05) is 13.7 Å². The second kappa shape index (κ2) is 7.45. The summed E-state index contributed by atoms with van der Waals surface area (Å²) in [5.41, 5.74) is 1.53. The Kier molecular flexibility index (Phi) is 6.20. The Hall–Kier alpha value is -1.56. The molecule has 3 nitrogen and oxygen atoms in total. The number of methoxy groups -OCH3 is 1. The molecular formula is C15H20F3NO2. The Bertz CT molecular complexity index is 455. The molecule has 0 aliphatic carbocycles. The third-order valence-corrected chi connectivity index (χ3v) is 2.90. The minimum Gasteiger partial charge on any atom is -0.468 e. The molecule has 0 aromatic heterocycles. The Morgan fingerprint density at radius 1 is 1.24 bits per heavy atom. The van der Waals surface area contributed by atoms with Crippen molar-refractivity contribution in [3.8, 4) is 0 Å². The lowest BCUT2D eigenvalue weighted by atomic mass is 9.99. The van der Waals surface area contributed by atoms with Gasteiger partial charge in [0, 0.05) is 0 Å². The SMILES string of the molecule is COC(=O)C(NCC(F)(F)F)c1ccc(CC(C)C)cc1. The van der Waals surface area contributed by atoms with Crippen LogP contribution < -0.4 is 5.32 Å². The van der Waals surface area contributed by atoms with Crippen LogP contribution in [0.25, 0.3) is 0 Å². The lowest BCUT2D eigenvalue weighted by Gasteiger charge is -2.18. The quantitative estimate of drug-likeness (QED) is 0.820. The van der Waals surface area contributed by atoms with E-state index in [1.165, 1.54) is 0 Å². The topological polar surface area (TPSA) is 38.3 Å². The number of hydrogen-bond donors (Lipinski definition) is 1. The molecule has 0 aliphatic heterocycles. The van der Waals surface area contributed by atoms with E-state index in [9.17, 15) is 18.0 Å². The summed E-state index contributed by atoms with van der Waals surface area (Å²) in [5, 5.41) is 2.19. The summed E-state index contributed by atoms with van der Waals surface area (Å²) >= 11 is 0. The van der Waals surface area contributed by atoms with Gasteiger partial charge in [0.1, 0.15) is 6.04 Å². The van der Waals surface area contributed by atoms with Crippen LogP contribution in [0.3, 0.4) is 0 Å². The minimum atomic E-state index is -4.39. The van der Waals surface area contributed by atoms with E-state index in [1.807, 2.05) is 12.1 Å². The van der Waals surface area contributed by atoms with Crippen molar-refractivity contribution in [2.24, 2.45) is 5.92 Å². The Balaban J connectivity index is 2.85. The largest absolute Gasteiger partial charge is 0.468 e. The first kappa shape index (κ1) is 17.5. The Morgan fingerprint density at radius 3 is 2.24 bits per heavy atom. The van der Waals surface area contributed by atoms with Crippen LogP contribution in [0.15, 0.2) is 24.3 Å². The van der Waals surface area contributed by atoms with Crippen LogP contribution in [-0.2, 0) is 16.0 Å². The molecule has 0 amide bonds. The van der Waals surface area contributed by atoms with Gasteiger partial charge in [-0.1, -0.05) is 38.1 Å². The number of rotatable bonds is 6. The van der Waals surface area contributed by atoms with Gasteiger partial charge in [0.2, 0.25) is 0 Å². The molecule has 1 atom stereocenters. The van der Waals surface area contributed by atoms with Crippen molar-refractivity contribution in [2.45, 2.75) is 32.5 Å². The fraction of sp³-hybridized carbons (Fsp3) is 0.533. The molecule has 118 valence electrons. The molecule has 21 heavy (non-hydrogen) atoms. The molecule has 0 aliphatic rings. The number of nitrogens with one attached hydrogen (secondary N) is 1. The Morgan fingerprint density at radius 2 is 1.81 bits per heavy atom. The molecule has 1 aromatic rings. The van der Waals surface area contributed by atoms with E-state index in [-0.39, 0.29) is 0 Å². The van der Waals surface area contributed by atoms with Gasteiger partial charge in [0.05, 0.1) is 13.7 Å². The van der Waals surface area contributed by atoms with Crippen molar-refractivity contribution in [3.63, 3.8) is 0 Å². The van der Waals surface area contributed by atoms with Crippen molar-refractivity contribution in [3.05, 3.63) is 35.4 Å². The summed E-state index contributed by atoms with van der Waals surface area (Å²) < 4.78 is 41.4. The summed E-state index contributed by atoms with van der Waals surface area (Å²) in [6.07, 6.45) is -3.51. The van der Waals surface area contributed by atoms with Crippen LogP contribution in [0.4, 0.5) is 13.2 Å². The van der Waals surface area contributed by atoms with Crippen LogP contribution in [0.1, 0.15) is 31.0 Å². The number of carbonyl (C=O) groups excluding carboxylic acids is 1. The van der Waals surface area contributed by atoms with Crippen LogP contribution >= 0.6 is 0 Å². The first-order valence-corrected chi connectivity index (χ1v) is 6.69. The molecule has 1 aromatic carbocycles. The lowest BCUT2D eigenvalue weighted by Crippen LogP contribution is -2.36. The zero-order valence-electron chi connectivity index (χ0n) is 12.3. The molecule has 0 fully saturated rings. The number of halogens is 3. The first-order chi connectivity index (χ1) is 9.73. The van der Waals surface area contributed by atoms with E-state index >= 15 is 0 Å². The van der Waals surface area contributed by atoms with Gasteiger partial charge in [-0.2, -0.15) is 13.2 Å². The first-order valence-electron chi connectivity index (χ1n) is 6.69. The Labute approximate surface area is 122 Å². The van der Waals surface area contributed by atoms with Crippen molar-refractivity contribution in [1.29, 1.82) is 0 Å². The second-order valence-electron chi connectivity index (χ2n) is 5.29. The van der Waals surface area contributed by atoms with E-state index in [4.69, 9.17) is 0 Å². The number of hydrogen-bond acceptors (Lipinski definition) is 3. The van der Waals surface area contributed by atoms with Gasteiger partial charge in [-0.05, 0) is 23.5 Å². The molecule has 0 heterocycles. The molecule has 1 N–H and O–H groups in total. The molecule has 1 rings (SSSR count). The predicted octanol–water partition coefficient (Wildman–Crippen LogP) is 3.25. The predicted molar refractivity (Wildman–Crippen MR) is 73.8 cm³/mol. The van der Waals surface area contributed by atoms with Crippen LogP contribution in [0.5, 0.6) is 0 Å². The molecule has 1 unspecified atom stereocenters. The molecule has 0 spiro atoms. The maximum Gasteiger partial charge on any atom is 0.401 e. The fourth-order valence-corrected chi connectivity index (χ4v) is 1.99. The van der Waals surface area contributed by atoms with E-state index in [0.29, 0.717) is 11.5 Å². The highest BCUT2D eigenvalue weighted by atomic mass is 19.4. The molecule has 0 radical (unpaired) electrons. The second-order valence-corrected chi connectivity index (χ2v) is 5.29. The normalized spacial score (nSPS) is 13.3. The highest BCUT2D eigenvalue weighted by molar-refractivity contribution is 5.77. The van der Waals surface area contributed by atoms with Gasteiger partial charge < -0.3 is 4.74 Å². The van der Waals surface area contributed by atoms with E-state index in [1.54, 1.807) is 12.1 Å². The number of carbonyl (C=O) groups is 1. The third-order valence-electron chi connectivity index (χ3n) is 2.90. The maximum absolute atomic E-state index is 12.3. The zero-order chi connectivity index (χ0) is 16.0. The van der Waals surface area contributed by atoms with Gasteiger partial charge in [-0.3, -0.25) is 5.32 Å². The number of alkyl halides is 3. The molecular weight excluding hydrogens is 283 g/mol. The van der Waals surface area contributed by atoms with Gasteiger partial charge in [0.15, 0.2) is 0 Å². The van der Waals surface area contributed by atoms with Gasteiger partial charge in [0.25, 0.3) is 0 Å². The average molecular weight is 303 g/mol. The van der Waals surface area contributed by atoms with E-state index in [2.05, 4.69) is 23.9 Å². The maximum atomic E-state index is 12.3. The molecule has 6 heteroatoms. The smallest absolute Gasteiger partial charge is 0.401 e. The van der Waals surface area contributed by atoms with Gasteiger partial charge >= 0.3 is 12.1 Å². The molecule has 0 saturated carbocycles. The highest BCUT2D eigenvalue weighted by Crippen LogP contribution is 2.20. The average Bonchev–Trinajstić information content (AvgIpc) is 2.38. The van der Waals surface area contributed by atoms with Crippen LogP contribution in [0, 0.1) is 5.92 Å². The highest BCUT2D eigenvalue weighted by Gasteiger charge is 2.31. The summed E-state index contributed by atoms with van der Waals surface area (Å²) in [6.45, 7) is 2.91. The van der Waals surface area contributed by atoms with E-state index in [0.717, 1.165) is 19.1 Å². The fourth-order valence-electron chi connectivity index (χ4n) is 1.99. The third kappa shape index (κ3) is 6.16. The number of benzene rings is 1. The number of ether oxygens (including phenoxy) is 1.